The van der Waals surface area contributed by atoms with Crippen LogP contribution in [0.2, 0.25) is 0 Å². The Morgan fingerprint density at radius 2 is 2.38 bits per heavy atom. The molecule has 1 aliphatic carbocycles. The van der Waals surface area contributed by atoms with Gasteiger partial charge < -0.3 is 0 Å². The summed E-state index contributed by atoms with van der Waals surface area (Å²) in [5.41, 5.74) is 1.23. The van der Waals surface area contributed by atoms with E-state index in [0.717, 1.165) is 18.4 Å². The van der Waals surface area contributed by atoms with Crippen LogP contribution >= 0.6 is 0 Å². The Morgan fingerprint density at radius 3 is 2.92 bits per heavy atom. The van der Waals surface area contributed by atoms with E-state index in [9.17, 15) is 4.39 Å². The molecule has 0 amide bonds. The lowest BCUT2D eigenvalue weighted by Gasteiger charge is -2.00. The van der Waals surface area contributed by atoms with Crippen molar-refractivity contribution < 1.29 is 4.39 Å². The molecule has 1 saturated carbocycles. The molecule has 1 fully saturated rings. The van der Waals surface area contributed by atoms with Gasteiger partial charge in [-0.3, -0.25) is 4.98 Å². The Morgan fingerprint density at radius 1 is 1.62 bits per heavy atom. The molecule has 0 aliphatic heterocycles. The highest BCUT2D eigenvalue weighted by atomic mass is 19.1. The average molecular weight is 176 g/mol. The molecule has 2 nitrogen and oxygen atoms in total. The summed E-state index contributed by atoms with van der Waals surface area (Å²) in [5.74, 6) is 0.170. The smallest absolute Gasteiger partial charge is 0.146 e. The highest BCUT2D eigenvalue weighted by Crippen LogP contribution is 2.39. The van der Waals surface area contributed by atoms with Crippen LogP contribution in [0.3, 0.4) is 0 Å². The molecule has 0 atom stereocenters. The van der Waals surface area contributed by atoms with E-state index in [1.807, 2.05) is 6.07 Å². The van der Waals surface area contributed by atoms with Crippen LogP contribution in [0.15, 0.2) is 12.3 Å². The zero-order valence-corrected chi connectivity index (χ0v) is 7.13. The number of hydrogen-bond donors (Lipinski definition) is 0. The van der Waals surface area contributed by atoms with Crippen molar-refractivity contribution in [3.63, 3.8) is 0 Å². The van der Waals surface area contributed by atoms with Crippen molar-refractivity contribution >= 4 is 0 Å². The van der Waals surface area contributed by atoms with Crippen molar-refractivity contribution in [1.29, 1.82) is 5.26 Å². The van der Waals surface area contributed by atoms with E-state index in [1.165, 1.54) is 6.07 Å². The molecule has 1 heterocycles. The van der Waals surface area contributed by atoms with Crippen molar-refractivity contribution in [2.24, 2.45) is 0 Å². The van der Waals surface area contributed by atoms with Crippen LogP contribution < -0.4 is 0 Å². The van der Waals surface area contributed by atoms with Gasteiger partial charge in [0.25, 0.3) is 0 Å². The van der Waals surface area contributed by atoms with E-state index in [0.29, 0.717) is 5.92 Å². The largest absolute Gasteiger partial charge is 0.257 e. The summed E-state index contributed by atoms with van der Waals surface area (Å²) in [6.45, 7) is 0. The van der Waals surface area contributed by atoms with Crippen molar-refractivity contribution in [3.8, 4) is 6.07 Å². The van der Waals surface area contributed by atoms with Crippen LogP contribution in [0.5, 0.6) is 0 Å². The van der Waals surface area contributed by atoms with Gasteiger partial charge in [-0.1, -0.05) is 0 Å². The molecule has 3 heteroatoms. The number of rotatable bonds is 2. The Kier molecular flexibility index (Phi) is 1.97. The molecule has 0 bridgehead atoms. The molecule has 0 aromatic carbocycles. The Bertz CT molecular complexity index is 364. The van der Waals surface area contributed by atoms with Crippen LogP contribution in [0, 0.1) is 17.1 Å². The van der Waals surface area contributed by atoms with E-state index in [4.69, 9.17) is 5.26 Å². The molecule has 13 heavy (non-hydrogen) atoms. The molecule has 1 aromatic rings. The Hall–Kier alpha value is -1.43. The molecule has 0 radical (unpaired) electrons. The highest BCUT2D eigenvalue weighted by Gasteiger charge is 2.24. The number of nitriles is 1. The van der Waals surface area contributed by atoms with Crippen molar-refractivity contribution in [2.75, 3.05) is 0 Å². The van der Waals surface area contributed by atoms with Gasteiger partial charge in [-0.2, -0.15) is 5.26 Å². The summed E-state index contributed by atoms with van der Waals surface area (Å²) < 4.78 is 13.2. The number of halogens is 1. The molecular formula is C10H9FN2. The van der Waals surface area contributed by atoms with Crippen molar-refractivity contribution in [1.82, 2.24) is 4.98 Å². The number of aromatic nitrogens is 1. The Labute approximate surface area is 76.0 Å². The first-order valence-corrected chi connectivity index (χ1v) is 4.32. The Balaban J connectivity index is 2.27. The van der Waals surface area contributed by atoms with E-state index < -0.39 is 0 Å². The van der Waals surface area contributed by atoms with Crippen LogP contribution in [0.25, 0.3) is 0 Å². The third-order valence-electron chi connectivity index (χ3n) is 2.23. The van der Waals surface area contributed by atoms with Crippen LogP contribution in [-0.2, 0) is 6.42 Å². The third-order valence-corrected chi connectivity index (χ3v) is 2.23. The standard InChI is InChI=1S/C10H9FN2/c11-9-5-8(7-1-2-7)6-13-10(9)3-4-12/h5-7H,1-3H2. The van der Waals surface area contributed by atoms with E-state index in [-0.39, 0.29) is 17.9 Å². The summed E-state index contributed by atoms with van der Waals surface area (Å²) >= 11 is 0. The minimum absolute atomic E-state index is 0.0524. The van der Waals surface area contributed by atoms with Crippen LogP contribution in [0.4, 0.5) is 4.39 Å². The summed E-state index contributed by atoms with van der Waals surface area (Å²) in [6.07, 6.45) is 4.02. The van der Waals surface area contributed by atoms with Gasteiger partial charge in [0.05, 0.1) is 18.2 Å². The SMILES string of the molecule is N#CCc1ncc(C2CC2)cc1F. The maximum absolute atomic E-state index is 13.2. The molecule has 0 N–H and O–H groups in total. The monoisotopic (exact) mass is 176 g/mol. The zero-order valence-electron chi connectivity index (χ0n) is 7.13. The van der Waals surface area contributed by atoms with E-state index in [2.05, 4.69) is 4.98 Å². The fourth-order valence-electron chi connectivity index (χ4n) is 1.33. The van der Waals surface area contributed by atoms with Gasteiger partial charge in [-0.25, -0.2) is 4.39 Å². The lowest BCUT2D eigenvalue weighted by atomic mass is 10.1. The topological polar surface area (TPSA) is 36.7 Å². The fourth-order valence-corrected chi connectivity index (χ4v) is 1.33. The second kappa shape index (κ2) is 3.14. The van der Waals surface area contributed by atoms with Crippen molar-refractivity contribution in [2.45, 2.75) is 25.2 Å². The van der Waals surface area contributed by atoms with Crippen LogP contribution in [-0.4, -0.2) is 4.98 Å². The van der Waals surface area contributed by atoms with Crippen LogP contribution in [0.1, 0.15) is 30.0 Å². The number of nitrogens with zero attached hydrogens (tertiary/aromatic N) is 2. The van der Waals surface area contributed by atoms with Gasteiger partial charge in [-0.15, -0.1) is 0 Å². The maximum atomic E-state index is 13.2. The van der Waals surface area contributed by atoms with Gasteiger partial charge in [0.1, 0.15) is 5.82 Å². The minimum Gasteiger partial charge on any atom is -0.257 e. The van der Waals surface area contributed by atoms with Gasteiger partial charge in [0, 0.05) is 6.20 Å². The first-order valence-electron chi connectivity index (χ1n) is 4.32. The average Bonchev–Trinajstić information content (AvgIpc) is 2.91. The van der Waals surface area contributed by atoms with Gasteiger partial charge >= 0.3 is 0 Å². The maximum Gasteiger partial charge on any atom is 0.146 e. The predicted octanol–water partition coefficient (Wildman–Crippen LogP) is 2.16. The first-order chi connectivity index (χ1) is 6.31. The molecule has 0 saturated heterocycles. The second-order valence-corrected chi connectivity index (χ2v) is 3.31. The van der Waals surface area contributed by atoms with Crippen molar-refractivity contribution in [3.05, 3.63) is 29.3 Å². The molecule has 2 rings (SSSR count). The molecular weight excluding hydrogens is 167 g/mol. The lowest BCUT2D eigenvalue weighted by molar-refractivity contribution is 0.602. The fraction of sp³-hybridized carbons (Fsp3) is 0.400. The molecule has 1 aliphatic rings. The lowest BCUT2D eigenvalue weighted by Crippen LogP contribution is -1.95. The molecule has 0 unspecified atom stereocenters. The van der Waals surface area contributed by atoms with Gasteiger partial charge in [0.15, 0.2) is 0 Å². The predicted molar refractivity (Wildman–Crippen MR) is 45.5 cm³/mol. The molecule has 1 aromatic heterocycles. The zero-order chi connectivity index (χ0) is 9.26. The quantitative estimate of drug-likeness (QED) is 0.692. The second-order valence-electron chi connectivity index (χ2n) is 3.31. The summed E-state index contributed by atoms with van der Waals surface area (Å²) in [5, 5.41) is 8.38. The molecule has 66 valence electrons. The van der Waals surface area contributed by atoms with E-state index >= 15 is 0 Å². The highest BCUT2D eigenvalue weighted by molar-refractivity contribution is 5.24. The minimum atomic E-state index is -0.342. The van der Waals surface area contributed by atoms with E-state index in [1.54, 1.807) is 6.20 Å². The normalized spacial score (nSPS) is 15.4. The number of pyridine rings is 1. The molecule has 0 spiro atoms. The summed E-state index contributed by atoms with van der Waals surface area (Å²) in [6, 6.07) is 3.40. The summed E-state index contributed by atoms with van der Waals surface area (Å²) in [7, 11) is 0. The first kappa shape index (κ1) is 8.18. The number of hydrogen-bond acceptors (Lipinski definition) is 2. The van der Waals surface area contributed by atoms with Gasteiger partial charge in [0.2, 0.25) is 0 Å². The third kappa shape index (κ3) is 1.67. The van der Waals surface area contributed by atoms with Gasteiger partial charge in [-0.05, 0) is 30.4 Å². The summed E-state index contributed by atoms with van der Waals surface area (Å²) in [4.78, 5) is 3.93.